The molecule has 0 bridgehead atoms. The minimum atomic E-state index is -2.91. The van der Waals surface area contributed by atoms with Crippen molar-refractivity contribution in [3.63, 3.8) is 0 Å². The van der Waals surface area contributed by atoms with Crippen LogP contribution in [0, 0.1) is 0 Å². The van der Waals surface area contributed by atoms with Gasteiger partial charge in [-0.2, -0.15) is 0 Å². The molecule has 1 aliphatic heterocycles. The van der Waals surface area contributed by atoms with E-state index in [9.17, 15) is 16.8 Å². The molecule has 0 aromatic carbocycles. The zero-order valence-electron chi connectivity index (χ0n) is 10.9. The van der Waals surface area contributed by atoms with Gasteiger partial charge in [0, 0.05) is 31.9 Å². The van der Waals surface area contributed by atoms with Crippen LogP contribution in [0.25, 0.3) is 0 Å². The fourth-order valence-corrected chi connectivity index (χ4v) is 4.26. The predicted octanol–water partition coefficient (Wildman–Crippen LogP) is -1.26. The summed E-state index contributed by atoms with van der Waals surface area (Å²) in [5.74, 6) is 0.658. The molecule has 1 unspecified atom stereocenters. The summed E-state index contributed by atoms with van der Waals surface area (Å²) in [6, 6.07) is 0.103. The first-order valence-corrected chi connectivity index (χ1v) is 9.87. The van der Waals surface area contributed by atoms with Crippen LogP contribution in [-0.2, 0) is 19.7 Å². The third-order valence-corrected chi connectivity index (χ3v) is 5.82. The van der Waals surface area contributed by atoms with Crippen LogP contribution < -0.4 is 5.32 Å². The molecule has 108 valence electrons. The quantitative estimate of drug-likeness (QED) is 0.591. The van der Waals surface area contributed by atoms with E-state index in [1.165, 1.54) is 6.26 Å². The van der Waals surface area contributed by atoms with Gasteiger partial charge in [0.15, 0.2) is 9.84 Å². The second-order valence-corrected chi connectivity index (χ2v) is 9.41. The van der Waals surface area contributed by atoms with E-state index in [1.54, 1.807) is 0 Å². The Bertz CT molecular complexity index is 458. The standard InChI is InChI=1S/C10H22N2O4S2/c1-12(10-3-7-18(15,16)9-10)6-4-11-5-8-17(2,13)14/h10-11H,3-9H2,1-2H3. The lowest BCUT2D eigenvalue weighted by Crippen LogP contribution is -2.38. The fraction of sp³-hybridized carbons (Fsp3) is 1.00. The van der Waals surface area contributed by atoms with Crippen LogP contribution in [-0.4, -0.2) is 78.0 Å². The second kappa shape index (κ2) is 6.31. The Hall–Kier alpha value is -0.180. The van der Waals surface area contributed by atoms with Crippen molar-refractivity contribution in [1.82, 2.24) is 10.2 Å². The number of nitrogens with one attached hydrogen (secondary N) is 1. The molecule has 0 spiro atoms. The molecule has 0 aliphatic carbocycles. The summed E-state index contributed by atoms with van der Waals surface area (Å²) in [6.07, 6.45) is 1.91. The van der Waals surface area contributed by atoms with Gasteiger partial charge in [0.25, 0.3) is 0 Å². The molecule has 6 nitrogen and oxygen atoms in total. The van der Waals surface area contributed by atoms with Gasteiger partial charge in [-0.05, 0) is 13.5 Å². The molecular weight excluding hydrogens is 276 g/mol. The summed E-state index contributed by atoms with van der Waals surface area (Å²) in [5, 5.41) is 3.05. The van der Waals surface area contributed by atoms with Crippen molar-refractivity contribution in [2.75, 3.05) is 50.2 Å². The average Bonchev–Trinajstić information content (AvgIpc) is 2.56. The van der Waals surface area contributed by atoms with E-state index in [4.69, 9.17) is 0 Å². The molecule has 0 saturated carbocycles. The first-order chi connectivity index (χ1) is 8.20. The second-order valence-electron chi connectivity index (χ2n) is 4.92. The Morgan fingerprint density at radius 1 is 1.33 bits per heavy atom. The van der Waals surface area contributed by atoms with Gasteiger partial charge in [0.05, 0.1) is 17.3 Å². The Kier molecular flexibility index (Phi) is 5.57. The first kappa shape index (κ1) is 15.9. The van der Waals surface area contributed by atoms with Gasteiger partial charge in [-0.15, -0.1) is 0 Å². The Morgan fingerprint density at radius 3 is 2.50 bits per heavy atom. The zero-order valence-corrected chi connectivity index (χ0v) is 12.6. The molecular formula is C10H22N2O4S2. The van der Waals surface area contributed by atoms with Crippen molar-refractivity contribution in [2.45, 2.75) is 12.5 Å². The van der Waals surface area contributed by atoms with Crippen LogP contribution in [0.3, 0.4) is 0 Å². The summed E-state index contributed by atoms with van der Waals surface area (Å²) in [6.45, 7) is 1.84. The number of hydrogen-bond donors (Lipinski definition) is 1. The third-order valence-electron chi connectivity index (χ3n) is 3.12. The Morgan fingerprint density at radius 2 is 2.00 bits per heavy atom. The van der Waals surface area contributed by atoms with Gasteiger partial charge in [-0.25, -0.2) is 16.8 Å². The largest absolute Gasteiger partial charge is 0.314 e. The van der Waals surface area contributed by atoms with E-state index in [0.29, 0.717) is 19.5 Å². The first-order valence-electron chi connectivity index (χ1n) is 5.99. The van der Waals surface area contributed by atoms with Crippen molar-refractivity contribution in [2.24, 2.45) is 0 Å². The highest BCUT2D eigenvalue weighted by atomic mass is 32.2. The maximum Gasteiger partial charge on any atom is 0.151 e. The van der Waals surface area contributed by atoms with Gasteiger partial charge >= 0.3 is 0 Å². The molecule has 1 N–H and O–H groups in total. The topological polar surface area (TPSA) is 83.6 Å². The number of nitrogens with zero attached hydrogens (tertiary/aromatic N) is 1. The van der Waals surface area contributed by atoms with E-state index in [1.807, 2.05) is 11.9 Å². The molecule has 18 heavy (non-hydrogen) atoms. The highest BCUT2D eigenvalue weighted by molar-refractivity contribution is 7.91. The van der Waals surface area contributed by atoms with E-state index < -0.39 is 19.7 Å². The molecule has 1 fully saturated rings. The highest BCUT2D eigenvalue weighted by Gasteiger charge is 2.30. The minimum Gasteiger partial charge on any atom is -0.314 e. The zero-order chi connectivity index (χ0) is 13.8. The average molecular weight is 298 g/mol. The van der Waals surface area contributed by atoms with Crippen LogP contribution in [0.5, 0.6) is 0 Å². The number of sulfone groups is 2. The van der Waals surface area contributed by atoms with Crippen LogP contribution in [0.4, 0.5) is 0 Å². The smallest absolute Gasteiger partial charge is 0.151 e. The fourth-order valence-electron chi connectivity index (χ4n) is 1.94. The summed E-state index contributed by atoms with van der Waals surface area (Å²) < 4.78 is 44.4. The molecule has 8 heteroatoms. The monoisotopic (exact) mass is 298 g/mol. The molecule has 1 rings (SSSR count). The lowest BCUT2D eigenvalue weighted by molar-refractivity contribution is 0.262. The van der Waals surface area contributed by atoms with Gasteiger partial charge in [0.2, 0.25) is 0 Å². The van der Waals surface area contributed by atoms with Crippen molar-refractivity contribution >= 4 is 19.7 Å². The van der Waals surface area contributed by atoms with Crippen molar-refractivity contribution in [1.29, 1.82) is 0 Å². The molecule has 1 saturated heterocycles. The number of hydrogen-bond acceptors (Lipinski definition) is 6. The van der Waals surface area contributed by atoms with Gasteiger partial charge in [0.1, 0.15) is 9.84 Å². The van der Waals surface area contributed by atoms with Gasteiger partial charge < -0.3 is 10.2 Å². The van der Waals surface area contributed by atoms with Crippen LogP contribution in [0.2, 0.25) is 0 Å². The normalized spacial score (nSPS) is 23.6. The predicted molar refractivity (Wildman–Crippen MR) is 72.3 cm³/mol. The van der Waals surface area contributed by atoms with Gasteiger partial charge in [-0.1, -0.05) is 0 Å². The number of likely N-dealkylation sites (N-methyl/N-ethyl adjacent to an activating group) is 1. The van der Waals surface area contributed by atoms with Crippen molar-refractivity contribution in [3.8, 4) is 0 Å². The molecule has 0 amide bonds. The summed E-state index contributed by atoms with van der Waals surface area (Å²) in [5.41, 5.74) is 0. The molecule has 1 aliphatic rings. The van der Waals surface area contributed by atoms with Crippen molar-refractivity contribution < 1.29 is 16.8 Å². The molecule has 0 aromatic heterocycles. The van der Waals surface area contributed by atoms with E-state index in [-0.39, 0.29) is 23.3 Å². The van der Waals surface area contributed by atoms with E-state index in [2.05, 4.69) is 5.32 Å². The molecule has 1 heterocycles. The van der Waals surface area contributed by atoms with Crippen molar-refractivity contribution in [3.05, 3.63) is 0 Å². The number of rotatable bonds is 7. The van der Waals surface area contributed by atoms with Gasteiger partial charge in [-0.3, -0.25) is 0 Å². The molecule has 0 aromatic rings. The summed E-state index contributed by atoms with van der Waals surface area (Å²) in [4.78, 5) is 2.03. The van der Waals surface area contributed by atoms with Crippen LogP contribution in [0.1, 0.15) is 6.42 Å². The maximum absolute atomic E-state index is 11.3. The Labute approximate surface area is 110 Å². The minimum absolute atomic E-state index is 0.103. The third kappa shape index (κ3) is 6.12. The Balaban J connectivity index is 2.17. The van der Waals surface area contributed by atoms with Crippen LogP contribution in [0.15, 0.2) is 0 Å². The summed E-state index contributed by atoms with van der Waals surface area (Å²) >= 11 is 0. The molecule has 0 radical (unpaired) electrons. The highest BCUT2D eigenvalue weighted by Crippen LogP contribution is 2.15. The maximum atomic E-state index is 11.3. The van der Waals surface area contributed by atoms with E-state index >= 15 is 0 Å². The van der Waals surface area contributed by atoms with E-state index in [0.717, 1.165) is 6.54 Å². The lowest BCUT2D eigenvalue weighted by Gasteiger charge is -2.22. The van der Waals surface area contributed by atoms with Crippen LogP contribution >= 0.6 is 0 Å². The molecule has 1 atom stereocenters. The lowest BCUT2D eigenvalue weighted by atomic mass is 10.2. The SMILES string of the molecule is CN(CCNCCS(C)(=O)=O)C1CCS(=O)(=O)C1. The summed E-state index contributed by atoms with van der Waals surface area (Å²) in [7, 11) is -3.84.